The van der Waals surface area contributed by atoms with E-state index in [1.54, 1.807) is 31.3 Å². The minimum absolute atomic E-state index is 0.0159. The fourth-order valence-electron chi connectivity index (χ4n) is 3.10. The van der Waals surface area contributed by atoms with Crippen molar-refractivity contribution in [3.05, 3.63) is 59.8 Å². The smallest absolute Gasteiger partial charge is 0.319 e. The largest absolute Gasteiger partial charge is 0.325 e. The van der Waals surface area contributed by atoms with Crippen molar-refractivity contribution in [2.75, 3.05) is 11.9 Å². The number of hydrogen-bond donors (Lipinski definition) is 2. The van der Waals surface area contributed by atoms with E-state index in [9.17, 15) is 14.4 Å². The lowest BCUT2D eigenvalue weighted by molar-refractivity contribution is -0.133. The molecular weight excluding hydrogens is 356 g/mol. The monoisotopic (exact) mass is 380 g/mol. The zero-order valence-electron chi connectivity index (χ0n) is 16.4. The summed E-state index contributed by atoms with van der Waals surface area (Å²) in [7, 11) is 0. The summed E-state index contributed by atoms with van der Waals surface area (Å²) < 4.78 is 0. The molecule has 7 heteroatoms. The Hall–Kier alpha value is -3.22. The van der Waals surface area contributed by atoms with Gasteiger partial charge in [0.1, 0.15) is 17.9 Å². The number of amides is 4. The molecule has 1 aliphatic rings. The number of urea groups is 1. The maximum absolute atomic E-state index is 13.0. The van der Waals surface area contributed by atoms with E-state index in [0.29, 0.717) is 11.4 Å². The second-order valence-corrected chi connectivity index (χ2v) is 8.04. The third kappa shape index (κ3) is 3.74. The number of anilines is 1. The first-order chi connectivity index (χ1) is 13.1. The number of nitrogens with zero attached hydrogens (tertiary/aromatic N) is 2. The average Bonchev–Trinajstić information content (AvgIpc) is 2.86. The van der Waals surface area contributed by atoms with E-state index in [-0.39, 0.29) is 12.0 Å². The van der Waals surface area contributed by atoms with Gasteiger partial charge in [-0.25, -0.2) is 9.78 Å². The molecule has 2 N–H and O–H groups in total. The van der Waals surface area contributed by atoms with E-state index in [4.69, 9.17) is 0 Å². The van der Waals surface area contributed by atoms with Crippen LogP contribution in [0.4, 0.5) is 10.6 Å². The number of rotatable bonds is 4. The van der Waals surface area contributed by atoms with Gasteiger partial charge in [-0.3, -0.25) is 14.5 Å². The summed E-state index contributed by atoms with van der Waals surface area (Å²) in [6.07, 6.45) is 1.54. The van der Waals surface area contributed by atoms with Crippen molar-refractivity contribution in [3.8, 4) is 0 Å². The number of aromatic nitrogens is 1. The van der Waals surface area contributed by atoms with Crippen LogP contribution in [-0.2, 0) is 20.5 Å². The Morgan fingerprint density at radius 1 is 1.14 bits per heavy atom. The summed E-state index contributed by atoms with van der Waals surface area (Å²) in [6.45, 7) is 7.59. The van der Waals surface area contributed by atoms with E-state index in [2.05, 4.69) is 36.4 Å². The minimum Gasteiger partial charge on any atom is -0.319 e. The van der Waals surface area contributed by atoms with Gasteiger partial charge in [-0.05, 0) is 35.6 Å². The van der Waals surface area contributed by atoms with Gasteiger partial charge in [0, 0.05) is 6.20 Å². The van der Waals surface area contributed by atoms with Crippen LogP contribution in [0.15, 0.2) is 48.7 Å². The zero-order chi connectivity index (χ0) is 20.5. The fourth-order valence-corrected chi connectivity index (χ4v) is 3.10. The van der Waals surface area contributed by atoms with Crippen molar-refractivity contribution in [3.63, 3.8) is 0 Å². The molecular formula is C21H24N4O3. The molecule has 146 valence electrons. The Morgan fingerprint density at radius 2 is 1.82 bits per heavy atom. The summed E-state index contributed by atoms with van der Waals surface area (Å²) in [5.41, 5.74) is 0.575. The summed E-state index contributed by atoms with van der Waals surface area (Å²) in [5.74, 6) is -0.591. The molecule has 1 aromatic heterocycles. The van der Waals surface area contributed by atoms with Crippen LogP contribution < -0.4 is 10.6 Å². The highest BCUT2D eigenvalue weighted by atomic mass is 16.2. The van der Waals surface area contributed by atoms with Crippen molar-refractivity contribution < 1.29 is 14.4 Å². The molecule has 0 aliphatic carbocycles. The van der Waals surface area contributed by atoms with Crippen molar-refractivity contribution in [1.29, 1.82) is 0 Å². The highest BCUT2D eigenvalue weighted by molar-refractivity contribution is 6.10. The van der Waals surface area contributed by atoms with E-state index in [1.165, 1.54) is 0 Å². The second kappa shape index (κ2) is 7.07. The molecule has 2 aromatic rings. The standard InChI is InChI=1S/C21H24N4O3/c1-20(2,3)14-8-10-15(11-9-14)21(4)18(27)25(19(28)24-21)13-17(26)23-16-7-5-6-12-22-16/h5-12H,13H2,1-4H3,(H,24,28)(H,22,23,26). The maximum atomic E-state index is 13.0. The van der Waals surface area contributed by atoms with Gasteiger partial charge < -0.3 is 10.6 Å². The lowest BCUT2D eigenvalue weighted by Crippen LogP contribution is -2.42. The van der Waals surface area contributed by atoms with Crippen LogP contribution in [0.25, 0.3) is 0 Å². The highest BCUT2D eigenvalue weighted by Crippen LogP contribution is 2.31. The quantitative estimate of drug-likeness (QED) is 0.798. The van der Waals surface area contributed by atoms with Crippen LogP contribution in [-0.4, -0.2) is 34.3 Å². The normalized spacial score (nSPS) is 19.5. The summed E-state index contributed by atoms with van der Waals surface area (Å²) in [5, 5.41) is 5.29. The van der Waals surface area contributed by atoms with Gasteiger partial charge in [0.25, 0.3) is 5.91 Å². The van der Waals surface area contributed by atoms with E-state index >= 15 is 0 Å². The molecule has 1 saturated heterocycles. The SMILES string of the molecule is CC(C)(C)c1ccc(C2(C)NC(=O)N(CC(=O)Nc3ccccn3)C2=O)cc1. The van der Waals surface area contributed by atoms with Crippen LogP contribution in [0.3, 0.4) is 0 Å². The van der Waals surface area contributed by atoms with Gasteiger partial charge in [0.15, 0.2) is 0 Å². The number of hydrogen-bond acceptors (Lipinski definition) is 4. The maximum Gasteiger partial charge on any atom is 0.325 e. The fraction of sp³-hybridized carbons (Fsp3) is 0.333. The van der Waals surface area contributed by atoms with Crippen molar-refractivity contribution in [2.45, 2.75) is 38.6 Å². The zero-order valence-corrected chi connectivity index (χ0v) is 16.4. The molecule has 0 bridgehead atoms. The molecule has 1 atom stereocenters. The molecule has 1 aliphatic heterocycles. The Balaban J connectivity index is 1.76. The lowest BCUT2D eigenvalue weighted by Gasteiger charge is -2.24. The molecule has 4 amide bonds. The van der Waals surface area contributed by atoms with Crippen LogP contribution in [0.1, 0.15) is 38.8 Å². The number of carbonyl (C=O) groups excluding carboxylic acids is 3. The van der Waals surface area contributed by atoms with Crippen LogP contribution >= 0.6 is 0 Å². The molecule has 0 radical (unpaired) electrons. The predicted octanol–water partition coefficient (Wildman–Crippen LogP) is 2.78. The third-order valence-electron chi connectivity index (χ3n) is 4.84. The number of nitrogens with one attached hydrogen (secondary N) is 2. The van der Waals surface area contributed by atoms with Gasteiger partial charge in [0.05, 0.1) is 0 Å². The Kier molecular flexibility index (Phi) is 4.93. The summed E-state index contributed by atoms with van der Waals surface area (Å²) in [6, 6.07) is 12.1. The first kappa shape index (κ1) is 19.5. The predicted molar refractivity (Wildman–Crippen MR) is 106 cm³/mol. The van der Waals surface area contributed by atoms with Gasteiger partial charge >= 0.3 is 6.03 Å². The number of imide groups is 1. The van der Waals surface area contributed by atoms with Crippen molar-refractivity contribution in [2.24, 2.45) is 0 Å². The Labute approximate surface area is 164 Å². The van der Waals surface area contributed by atoms with Crippen molar-refractivity contribution >= 4 is 23.7 Å². The molecule has 1 fully saturated rings. The van der Waals surface area contributed by atoms with E-state index in [1.807, 2.05) is 24.3 Å². The molecule has 28 heavy (non-hydrogen) atoms. The summed E-state index contributed by atoms with van der Waals surface area (Å²) in [4.78, 5) is 42.5. The van der Waals surface area contributed by atoms with Crippen LogP contribution in [0.5, 0.6) is 0 Å². The van der Waals surface area contributed by atoms with E-state index < -0.39 is 23.4 Å². The van der Waals surface area contributed by atoms with Gasteiger partial charge in [-0.15, -0.1) is 0 Å². The number of pyridine rings is 1. The van der Waals surface area contributed by atoms with Crippen LogP contribution in [0.2, 0.25) is 0 Å². The Bertz CT molecular complexity index is 903. The second-order valence-electron chi connectivity index (χ2n) is 8.04. The average molecular weight is 380 g/mol. The first-order valence-electron chi connectivity index (χ1n) is 9.07. The molecule has 1 aromatic carbocycles. The van der Waals surface area contributed by atoms with E-state index in [0.717, 1.165) is 10.5 Å². The topological polar surface area (TPSA) is 91.4 Å². The Morgan fingerprint density at radius 3 is 2.39 bits per heavy atom. The van der Waals surface area contributed by atoms with Gasteiger partial charge in [-0.1, -0.05) is 51.1 Å². The third-order valence-corrected chi connectivity index (χ3v) is 4.84. The molecule has 0 spiro atoms. The molecule has 2 heterocycles. The lowest BCUT2D eigenvalue weighted by atomic mass is 9.84. The van der Waals surface area contributed by atoms with Gasteiger partial charge in [-0.2, -0.15) is 0 Å². The number of benzene rings is 1. The summed E-state index contributed by atoms with van der Waals surface area (Å²) >= 11 is 0. The number of carbonyl (C=O) groups is 3. The molecule has 1 unspecified atom stereocenters. The molecule has 0 saturated carbocycles. The van der Waals surface area contributed by atoms with Crippen LogP contribution in [0, 0.1) is 0 Å². The van der Waals surface area contributed by atoms with Crippen molar-refractivity contribution in [1.82, 2.24) is 15.2 Å². The van der Waals surface area contributed by atoms with Gasteiger partial charge in [0.2, 0.25) is 5.91 Å². The minimum atomic E-state index is -1.21. The molecule has 7 nitrogen and oxygen atoms in total. The highest BCUT2D eigenvalue weighted by Gasteiger charge is 2.49. The molecule has 3 rings (SSSR count). The first-order valence-corrected chi connectivity index (χ1v) is 9.07.